The van der Waals surface area contributed by atoms with Crippen LogP contribution in [0.5, 0.6) is 0 Å². The third-order valence-corrected chi connectivity index (χ3v) is 5.59. The van der Waals surface area contributed by atoms with E-state index in [1.807, 2.05) is 12.1 Å². The Hall–Kier alpha value is -0.710. The predicted molar refractivity (Wildman–Crippen MR) is 85.0 cm³/mol. The van der Waals surface area contributed by atoms with Gasteiger partial charge in [0.05, 0.1) is 21.5 Å². The number of benzene rings is 1. The van der Waals surface area contributed by atoms with Gasteiger partial charge in [0, 0.05) is 0 Å². The fraction of sp³-hybridized carbons (Fsp3) is 0.588. The van der Waals surface area contributed by atoms with Gasteiger partial charge in [0.1, 0.15) is 0 Å². The fourth-order valence-corrected chi connectivity index (χ4v) is 3.62. The molecule has 0 aromatic heterocycles. The Morgan fingerprint density at radius 1 is 1.30 bits per heavy atom. The summed E-state index contributed by atoms with van der Waals surface area (Å²) in [5.74, 6) is 1.47. The highest BCUT2D eigenvalue weighted by Gasteiger charge is 2.36. The van der Waals surface area contributed by atoms with E-state index in [0.29, 0.717) is 22.4 Å². The van der Waals surface area contributed by atoms with Gasteiger partial charge in [0.2, 0.25) is 0 Å². The lowest BCUT2D eigenvalue weighted by atomic mass is 9.66. The zero-order valence-corrected chi connectivity index (χ0v) is 13.6. The number of nitrogens with zero attached hydrogens (tertiary/aromatic N) is 1. The Kier molecular flexibility index (Phi) is 4.99. The lowest BCUT2D eigenvalue weighted by molar-refractivity contribution is 0.175. The van der Waals surface area contributed by atoms with E-state index in [4.69, 9.17) is 23.2 Å². The first-order valence-corrected chi connectivity index (χ1v) is 8.07. The minimum absolute atomic E-state index is 0.264. The van der Waals surface area contributed by atoms with Crippen LogP contribution in [0, 0.1) is 28.6 Å². The number of rotatable bonds is 3. The third-order valence-electron chi connectivity index (χ3n) is 4.73. The molecular weight excluding hydrogens is 289 g/mol. The highest BCUT2D eigenvalue weighted by atomic mass is 35.5. The molecule has 1 saturated carbocycles. The van der Waals surface area contributed by atoms with Crippen molar-refractivity contribution in [1.82, 2.24) is 0 Å². The smallest absolute Gasteiger partial charge is 0.0693 e. The van der Waals surface area contributed by atoms with Crippen LogP contribution in [0.3, 0.4) is 0 Å². The lowest BCUT2D eigenvalue weighted by Crippen LogP contribution is -2.30. The minimum Gasteiger partial charge on any atom is -0.198 e. The first-order chi connectivity index (χ1) is 9.47. The molecule has 1 aromatic rings. The first kappa shape index (κ1) is 15.7. The van der Waals surface area contributed by atoms with Gasteiger partial charge in [-0.1, -0.05) is 49.2 Å². The quantitative estimate of drug-likeness (QED) is 0.682. The van der Waals surface area contributed by atoms with Gasteiger partial charge in [-0.2, -0.15) is 5.26 Å². The molecule has 0 atom stereocenters. The molecule has 108 valence electrons. The summed E-state index contributed by atoms with van der Waals surface area (Å²) in [6, 6.07) is 8.26. The van der Waals surface area contributed by atoms with Crippen molar-refractivity contribution in [3.8, 4) is 6.07 Å². The monoisotopic (exact) mass is 309 g/mol. The highest BCUT2D eigenvalue weighted by molar-refractivity contribution is 6.42. The second kappa shape index (κ2) is 6.37. The molecule has 1 nitrogen and oxygen atoms in total. The molecule has 3 heteroatoms. The summed E-state index contributed by atoms with van der Waals surface area (Å²) in [6.45, 7) is 4.55. The van der Waals surface area contributed by atoms with E-state index in [0.717, 1.165) is 37.2 Å². The average Bonchev–Trinajstić information content (AvgIpc) is 2.44. The fourth-order valence-electron chi connectivity index (χ4n) is 3.24. The summed E-state index contributed by atoms with van der Waals surface area (Å²) in [5, 5.41) is 10.8. The lowest BCUT2D eigenvalue weighted by Gasteiger charge is -2.36. The molecule has 0 unspecified atom stereocenters. The molecule has 1 aliphatic rings. The van der Waals surface area contributed by atoms with E-state index in [9.17, 15) is 5.26 Å². The number of halogens is 2. The van der Waals surface area contributed by atoms with E-state index in [2.05, 4.69) is 19.9 Å². The largest absolute Gasteiger partial charge is 0.198 e. The second-order valence-electron chi connectivity index (χ2n) is 6.36. The molecule has 1 fully saturated rings. The Morgan fingerprint density at radius 3 is 2.50 bits per heavy atom. The molecule has 2 rings (SSSR count). The summed E-state index contributed by atoms with van der Waals surface area (Å²) in [7, 11) is 0. The van der Waals surface area contributed by atoms with Gasteiger partial charge in [0.25, 0.3) is 0 Å². The van der Waals surface area contributed by atoms with Crippen LogP contribution in [0.2, 0.25) is 10.0 Å². The summed E-state index contributed by atoms with van der Waals surface area (Å²) < 4.78 is 0. The maximum absolute atomic E-state index is 9.66. The van der Waals surface area contributed by atoms with Gasteiger partial charge in [-0.05, 0) is 55.6 Å². The standard InChI is InChI=1S/C17H21Cl2N/c1-12(2)13-6-8-17(11-20,9-7-13)10-14-4-3-5-15(18)16(14)19/h3-5,12-13H,6-10H2,1-2H3. The Morgan fingerprint density at radius 2 is 1.95 bits per heavy atom. The number of nitriles is 1. The Balaban J connectivity index is 2.14. The molecule has 0 heterocycles. The SMILES string of the molecule is CC(C)C1CCC(C#N)(Cc2cccc(Cl)c2Cl)CC1. The topological polar surface area (TPSA) is 23.8 Å². The molecule has 0 saturated heterocycles. The summed E-state index contributed by atoms with van der Waals surface area (Å²) in [6.07, 6.45) is 4.94. The van der Waals surface area contributed by atoms with Crippen molar-refractivity contribution in [1.29, 1.82) is 5.26 Å². The summed E-state index contributed by atoms with van der Waals surface area (Å²) >= 11 is 12.3. The molecule has 1 aliphatic carbocycles. The van der Waals surface area contributed by atoms with Crippen LogP contribution in [0.4, 0.5) is 0 Å². The van der Waals surface area contributed by atoms with Crippen LogP contribution in [0.25, 0.3) is 0 Å². The van der Waals surface area contributed by atoms with E-state index < -0.39 is 0 Å². The van der Waals surface area contributed by atoms with Crippen LogP contribution >= 0.6 is 23.2 Å². The second-order valence-corrected chi connectivity index (χ2v) is 7.15. The molecule has 0 radical (unpaired) electrons. The summed E-state index contributed by atoms with van der Waals surface area (Å²) in [4.78, 5) is 0. The highest BCUT2D eigenvalue weighted by Crippen LogP contribution is 2.44. The van der Waals surface area contributed by atoms with Gasteiger partial charge < -0.3 is 0 Å². The van der Waals surface area contributed by atoms with E-state index in [-0.39, 0.29) is 5.41 Å². The van der Waals surface area contributed by atoms with Gasteiger partial charge in [0.15, 0.2) is 0 Å². The average molecular weight is 310 g/mol. The van der Waals surface area contributed by atoms with Crippen LogP contribution in [0.1, 0.15) is 45.1 Å². The Labute approximate surface area is 131 Å². The van der Waals surface area contributed by atoms with Gasteiger partial charge in [-0.15, -0.1) is 0 Å². The van der Waals surface area contributed by atoms with Gasteiger partial charge in [-0.25, -0.2) is 0 Å². The first-order valence-electron chi connectivity index (χ1n) is 7.31. The molecule has 0 N–H and O–H groups in total. The maximum Gasteiger partial charge on any atom is 0.0693 e. The van der Waals surface area contributed by atoms with E-state index in [1.54, 1.807) is 6.07 Å². The normalized spacial score (nSPS) is 26.5. The zero-order chi connectivity index (χ0) is 14.8. The van der Waals surface area contributed by atoms with Crippen molar-refractivity contribution in [2.45, 2.75) is 46.0 Å². The molecular formula is C17H21Cl2N. The van der Waals surface area contributed by atoms with E-state index in [1.165, 1.54) is 0 Å². The summed E-state index contributed by atoms with van der Waals surface area (Å²) in [5.41, 5.74) is 0.739. The van der Waals surface area contributed by atoms with Crippen molar-refractivity contribution in [2.24, 2.45) is 17.3 Å². The van der Waals surface area contributed by atoms with Crippen molar-refractivity contribution in [3.05, 3.63) is 33.8 Å². The number of hydrogen-bond acceptors (Lipinski definition) is 1. The van der Waals surface area contributed by atoms with Crippen molar-refractivity contribution in [3.63, 3.8) is 0 Å². The molecule has 0 spiro atoms. The van der Waals surface area contributed by atoms with Crippen LogP contribution < -0.4 is 0 Å². The van der Waals surface area contributed by atoms with Crippen molar-refractivity contribution < 1.29 is 0 Å². The number of hydrogen-bond donors (Lipinski definition) is 0. The maximum atomic E-state index is 9.66. The molecule has 20 heavy (non-hydrogen) atoms. The van der Waals surface area contributed by atoms with Crippen molar-refractivity contribution in [2.75, 3.05) is 0 Å². The zero-order valence-electron chi connectivity index (χ0n) is 12.1. The van der Waals surface area contributed by atoms with Crippen LogP contribution in [0.15, 0.2) is 18.2 Å². The molecule has 0 amide bonds. The minimum atomic E-state index is -0.264. The van der Waals surface area contributed by atoms with Gasteiger partial charge in [-0.3, -0.25) is 0 Å². The molecule has 1 aromatic carbocycles. The van der Waals surface area contributed by atoms with Crippen LogP contribution in [-0.2, 0) is 6.42 Å². The van der Waals surface area contributed by atoms with Gasteiger partial charge >= 0.3 is 0 Å². The van der Waals surface area contributed by atoms with Crippen molar-refractivity contribution >= 4 is 23.2 Å². The molecule has 0 aliphatic heterocycles. The Bertz CT molecular complexity index is 508. The van der Waals surface area contributed by atoms with Crippen LogP contribution in [-0.4, -0.2) is 0 Å². The predicted octanol–water partition coefficient (Wildman–Crippen LogP) is 5.89. The third kappa shape index (κ3) is 3.30. The molecule has 0 bridgehead atoms. The van der Waals surface area contributed by atoms with E-state index >= 15 is 0 Å².